The van der Waals surface area contributed by atoms with Crippen LogP contribution in [0.15, 0.2) is 41.5 Å². The third-order valence-electron chi connectivity index (χ3n) is 3.19. The topological polar surface area (TPSA) is 69.2 Å². The van der Waals surface area contributed by atoms with Gasteiger partial charge in [0, 0.05) is 22.2 Å². The molecule has 24 heavy (non-hydrogen) atoms. The molecule has 1 N–H and O–H groups in total. The van der Waals surface area contributed by atoms with Crippen LogP contribution >= 0.6 is 11.6 Å². The molecule has 2 rings (SSSR count). The fourth-order valence-electron chi connectivity index (χ4n) is 2.01. The molecule has 0 fully saturated rings. The first-order valence-electron chi connectivity index (χ1n) is 6.98. The Hall–Kier alpha value is -2.73. The highest BCUT2D eigenvalue weighted by atomic mass is 35.5. The first kappa shape index (κ1) is 17.6. The Balaban J connectivity index is 2.17. The van der Waals surface area contributed by atoms with Gasteiger partial charge in [0.25, 0.3) is 5.91 Å². The van der Waals surface area contributed by atoms with Crippen molar-refractivity contribution in [2.24, 2.45) is 5.10 Å². The van der Waals surface area contributed by atoms with Crippen LogP contribution in [0.4, 0.5) is 0 Å². The second-order valence-electron chi connectivity index (χ2n) is 4.66. The highest BCUT2D eigenvalue weighted by Crippen LogP contribution is 2.33. The Bertz CT molecular complexity index is 762. The molecule has 0 aliphatic carbocycles. The summed E-state index contributed by atoms with van der Waals surface area (Å²) < 4.78 is 15.7. The molecule has 0 bridgehead atoms. The zero-order valence-corrected chi connectivity index (χ0v) is 14.3. The summed E-state index contributed by atoms with van der Waals surface area (Å²) in [5, 5.41) is 4.42. The van der Waals surface area contributed by atoms with Gasteiger partial charge in [-0.3, -0.25) is 4.79 Å². The molecule has 0 unspecified atom stereocenters. The molecule has 0 atom stereocenters. The molecule has 0 heterocycles. The second-order valence-corrected chi connectivity index (χ2v) is 5.10. The summed E-state index contributed by atoms with van der Waals surface area (Å²) in [6.07, 6.45) is 1.46. The van der Waals surface area contributed by atoms with Gasteiger partial charge in [0.15, 0.2) is 11.5 Å². The fourth-order valence-corrected chi connectivity index (χ4v) is 2.20. The van der Waals surface area contributed by atoms with Gasteiger partial charge in [-0.1, -0.05) is 17.7 Å². The standard InChI is InChI=1S/C17H17ClN2O4/c1-22-14-9-16(24-3)15(23-2)8-12(14)10-19-20-17(21)11-5-4-6-13(18)7-11/h4-10H,1-3H3,(H,20,21)/b19-10+. The number of hydrogen-bond acceptors (Lipinski definition) is 5. The number of hydrogen-bond donors (Lipinski definition) is 1. The Morgan fingerprint density at radius 1 is 1.04 bits per heavy atom. The van der Waals surface area contributed by atoms with Crippen LogP contribution in [0, 0.1) is 0 Å². The maximum Gasteiger partial charge on any atom is 0.271 e. The molecule has 1 amide bonds. The average Bonchev–Trinajstić information content (AvgIpc) is 2.61. The fraction of sp³-hybridized carbons (Fsp3) is 0.176. The van der Waals surface area contributed by atoms with Crippen molar-refractivity contribution in [2.75, 3.05) is 21.3 Å². The number of rotatable bonds is 6. The number of methoxy groups -OCH3 is 3. The minimum absolute atomic E-state index is 0.367. The average molecular weight is 349 g/mol. The minimum atomic E-state index is -0.367. The normalized spacial score (nSPS) is 10.5. The lowest BCUT2D eigenvalue weighted by Crippen LogP contribution is -2.17. The van der Waals surface area contributed by atoms with Crippen LogP contribution in [0.2, 0.25) is 5.02 Å². The van der Waals surface area contributed by atoms with E-state index in [9.17, 15) is 4.79 Å². The molecule has 6 nitrogen and oxygen atoms in total. The number of nitrogens with one attached hydrogen (secondary N) is 1. The number of ether oxygens (including phenoxy) is 3. The molecule has 7 heteroatoms. The van der Waals surface area contributed by atoms with Crippen LogP contribution in [-0.4, -0.2) is 33.5 Å². The molecule has 0 aliphatic rings. The van der Waals surface area contributed by atoms with E-state index in [1.807, 2.05) is 0 Å². The molecule has 2 aromatic rings. The number of nitrogens with zero attached hydrogens (tertiary/aromatic N) is 1. The molecular weight excluding hydrogens is 332 g/mol. The van der Waals surface area contributed by atoms with Gasteiger partial charge in [0.1, 0.15) is 5.75 Å². The number of amides is 1. The monoisotopic (exact) mass is 348 g/mol. The van der Waals surface area contributed by atoms with Crippen molar-refractivity contribution >= 4 is 23.7 Å². The largest absolute Gasteiger partial charge is 0.496 e. The zero-order chi connectivity index (χ0) is 17.5. The summed E-state index contributed by atoms with van der Waals surface area (Å²) in [5.41, 5.74) is 3.48. The van der Waals surface area contributed by atoms with Crippen molar-refractivity contribution in [3.05, 3.63) is 52.5 Å². The van der Waals surface area contributed by atoms with E-state index in [2.05, 4.69) is 10.5 Å². The van der Waals surface area contributed by atoms with E-state index in [1.165, 1.54) is 27.5 Å². The van der Waals surface area contributed by atoms with Gasteiger partial charge in [0.2, 0.25) is 0 Å². The number of carbonyl (C=O) groups is 1. The molecular formula is C17H17ClN2O4. The summed E-state index contributed by atoms with van der Waals surface area (Å²) in [6.45, 7) is 0. The number of hydrazone groups is 1. The van der Waals surface area contributed by atoms with E-state index in [1.54, 1.807) is 36.4 Å². The quantitative estimate of drug-likeness (QED) is 0.643. The summed E-state index contributed by atoms with van der Waals surface area (Å²) in [6, 6.07) is 9.97. The summed E-state index contributed by atoms with van der Waals surface area (Å²) in [7, 11) is 4.60. The number of benzene rings is 2. The van der Waals surface area contributed by atoms with Crippen LogP contribution in [0.1, 0.15) is 15.9 Å². The number of carbonyl (C=O) groups excluding carboxylic acids is 1. The minimum Gasteiger partial charge on any atom is -0.496 e. The van der Waals surface area contributed by atoms with E-state index in [0.29, 0.717) is 33.4 Å². The summed E-state index contributed by atoms with van der Waals surface area (Å²) in [5.74, 6) is 1.23. The Morgan fingerprint density at radius 3 is 2.33 bits per heavy atom. The lowest BCUT2D eigenvalue weighted by molar-refractivity contribution is 0.0955. The molecule has 0 saturated carbocycles. The van der Waals surface area contributed by atoms with Crippen molar-refractivity contribution in [3.63, 3.8) is 0 Å². The van der Waals surface area contributed by atoms with E-state index in [4.69, 9.17) is 25.8 Å². The van der Waals surface area contributed by atoms with Gasteiger partial charge in [-0.2, -0.15) is 5.10 Å². The van der Waals surface area contributed by atoms with Crippen molar-refractivity contribution in [3.8, 4) is 17.2 Å². The van der Waals surface area contributed by atoms with Crippen LogP contribution in [0.3, 0.4) is 0 Å². The maximum absolute atomic E-state index is 12.0. The molecule has 0 aromatic heterocycles. The molecule has 0 spiro atoms. The van der Waals surface area contributed by atoms with E-state index in [-0.39, 0.29) is 5.91 Å². The zero-order valence-electron chi connectivity index (χ0n) is 13.5. The van der Waals surface area contributed by atoms with E-state index < -0.39 is 0 Å². The third kappa shape index (κ3) is 4.17. The van der Waals surface area contributed by atoms with Gasteiger partial charge in [-0.05, 0) is 24.3 Å². The van der Waals surface area contributed by atoms with Gasteiger partial charge >= 0.3 is 0 Å². The van der Waals surface area contributed by atoms with Gasteiger partial charge < -0.3 is 14.2 Å². The van der Waals surface area contributed by atoms with Crippen LogP contribution in [0.25, 0.3) is 0 Å². The van der Waals surface area contributed by atoms with Crippen LogP contribution in [-0.2, 0) is 0 Å². The van der Waals surface area contributed by atoms with Crippen LogP contribution < -0.4 is 19.6 Å². The second kappa shape index (κ2) is 8.21. The molecule has 2 aromatic carbocycles. The summed E-state index contributed by atoms with van der Waals surface area (Å²) in [4.78, 5) is 12.0. The van der Waals surface area contributed by atoms with Crippen molar-refractivity contribution in [1.29, 1.82) is 0 Å². The lowest BCUT2D eigenvalue weighted by Gasteiger charge is -2.11. The van der Waals surface area contributed by atoms with Crippen molar-refractivity contribution in [1.82, 2.24) is 5.43 Å². The van der Waals surface area contributed by atoms with E-state index in [0.717, 1.165) is 0 Å². The third-order valence-corrected chi connectivity index (χ3v) is 3.43. The predicted molar refractivity (Wildman–Crippen MR) is 92.6 cm³/mol. The van der Waals surface area contributed by atoms with Gasteiger partial charge in [-0.15, -0.1) is 0 Å². The Labute approximate surface area is 145 Å². The van der Waals surface area contributed by atoms with Gasteiger partial charge in [0.05, 0.1) is 27.5 Å². The Morgan fingerprint density at radius 2 is 1.71 bits per heavy atom. The van der Waals surface area contributed by atoms with E-state index >= 15 is 0 Å². The first-order chi connectivity index (χ1) is 11.6. The van der Waals surface area contributed by atoms with Crippen molar-refractivity contribution in [2.45, 2.75) is 0 Å². The Kier molecular flexibility index (Phi) is 6.03. The van der Waals surface area contributed by atoms with Crippen LogP contribution in [0.5, 0.6) is 17.2 Å². The lowest BCUT2D eigenvalue weighted by atomic mass is 10.2. The molecule has 0 radical (unpaired) electrons. The van der Waals surface area contributed by atoms with Crippen molar-refractivity contribution < 1.29 is 19.0 Å². The first-order valence-corrected chi connectivity index (χ1v) is 7.35. The molecule has 0 aliphatic heterocycles. The molecule has 0 saturated heterocycles. The highest BCUT2D eigenvalue weighted by molar-refractivity contribution is 6.30. The molecule has 126 valence electrons. The number of halogens is 1. The SMILES string of the molecule is COc1cc(OC)c(OC)cc1/C=N/NC(=O)c1cccc(Cl)c1. The summed E-state index contributed by atoms with van der Waals surface area (Å²) >= 11 is 5.86. The maximum atomic E-state index is 12.0. The smallest absolute Gasteiger partial charge is 0.271 e. The highest BCUT2D eigenvalue weighted by Gasteiger charge is 2.11. The predicted octanol–water partition coefficient (Wildman–Crippen LogP) is 3.13. The van der Waals surface area contributed by atoms with Gasteiger partial charge in [-0.25, -0.2) is 5.43 Å².